The Bertz CT molecular complexity index is 718. The van der Waals surface area contributed by atoms with Gasteiger partial charge in [0.2, 0.25) is 5.13 Å². The van der Waals surface area contributed by atoms with Crippen LogP contribution in [0.2, 0.25) is 0 Å². The zero-order chi connectivity index (χ0) is 17.4. The molecular weight excluding hydrogens is 333 g/mol. The number of esters is 1. The summed E-state index contributed by atoms with van der Waals surface area (Å²) in [5.74, 6) is -0.142. The van der Waals surface area contributed by atoms with E-state index in [9.17, 15) is 9.18 Å². The van der Waals surface area contributed by atoms with Gasteiger partial charge in [-0.25, -0.2) is 9.37 Å². The molecule has 0 bridgehead atoms. The summed E-state index contributed by atoms with van der Waals surface area (Å²) in [6.07, 6.45) is 1.58. The van der Waals surface area contributed by atoms with Crippen molar-refractivity contribution >= 4 is 28.7 Å². The summed E-state index contributed by atoms with van der Waals surface area (Å²) in [4.78, 5) is 15.6. The van der Waals surface area contributed by atoms with Crippen LogP contribution in [0.15, 0.2) is 28.7 Å². The van der Waals surface area contributed by atoms with Crippen LogP contribution in [0.1, 0.15) is 25.1 Å². The predicted molar refractivity (Wildman–Crippen MR) is 91.2 cm³/mol. The molecule has 0 saturated carbocycles. The molecule has 24 heavy (non-hydrogen) atoms. The van der Waals surface area contributed by atoms with Crippen LogP contribution in [-0.4, -0.2) is 30.4 Å². The number of nitrogens with zero attached hydrogens (tertiary/aromatic N) is 2. The summed E-state index contributed by atoms with van der Waals surface area (Å²) in [7, 11) is 0. The number of hydrazone groups is 1. The maximum Gasteiger partial charge on any atom is 0.311 e. The van der Waals surface area contributed by atoms with Gasteiger partial charge < -0.3 is 9.47 Å². The van der Waals surface area contributed by atoms with E-state index in [2.05, 4.69) is 15.5 Å². The van der Waals surface area contributed by atoms with E-state index < -0.39 is 0 Å². The van der Waals surface area contributed by atoms with Crippen LogP contribution in [0.3, 0.4) is 0 Å². The third kappa shape index (κ3) is 5.31. The fraction of sp³-hybridized carbons (Fsp3) is 0.312. The van der Waals surface area contributed by atoms with E-state index in [0.29, 0.717) is 35.4 Å². The lowest BCUT2D eigenvalue weighted by Crippen LogP contribution is -2.07. The van der Waals surface area contributed by atoms with Gasteiger partial charge >= 0.3 is 5.97 Å². The number of hydrogen-bond acceptors (Lipinski definition) is 7. The van der Waals surface area contributed by atoms with E-state index in [0.717, 1.165) is 0 Å². The zero-order valence-corrected chi connectivity index (χ0v) is 14.2. The highest BCUT2D eigenvalue weighted by Crippen LogP contribution is 2.19. The average molecular weight is 351 g/mol. The van der Waals surface area contributed by atoms with Gasteiger partial charge in [0.1, 0.15) is 11.6 Å². The quantitative estimate of drug-likeness (QED) is 0.449. The molecule has 6 nitrogen and oxygen atoms in total. The van der Waals surface area contributed by atoms with E-state index in [1.807, 2.05) is 6.92 Å². The number of rotatable bonds is 8. The minimum absolute atomic E-state index is 0.119. The Balaban J connectivity index is 1.98. The summed E-state index contributed by atoms with van der Waals surface area (Å²) in [5.41, 5.74) is 3.88. The first-order valence-electron chi connectivity index (χ1n) is 7.43. The summed E-state index contributed by atoms with van der Waals surface area (Å²) >= 11 is 1.31. The van der Waals surface area contributed by atoms with Gasteiger partial charge in [0.05, 0.1) is 31.5 Å². The number of aromatic nitrogens is 1. The minimum atomic E-state index is -0.370. The number of carbonyl (C=O) groups is 1. The van der Waals surface area contributed by atoms with Crippen molar-refractivity contribution < 1.29 is 18.7 Å². The minimum Gasteiger partial charge on any atom is -0.493 e. The number of thiazole rings is 1. The number of anilines is 1. The Morgan fingerprint density at radius 2 is 2.25 bits per heavy atom. The van der Waals surface area contributed by atoms with Crippen molar-refractivity contribution in [1.29, 1.82) is 0 Å². The molecule has 2 rings (SSSR count). The molecule has 128 valence electrons. The van der Waals surface area contributed by atoms with Crippen LogP contribution < -0.4 is 10.2 Å². The Morgan fingerprint density at radius 1 is 1.42 bits per heavy atom. The molecule has 0 aliphatic heterocycles. The number of carbonyl (C=O) groups excluding carboxylic acids is 1. The summed E-state index contributed by atoms with van der Waals surface area (Å²) in [6, 6.07) is 4.23. The van der Waals surface area contributed by atoms with Crippen molar-refractivity contribution in [3.05, 3.63) is 40.7 Å². The van der Waals surface area contributed by atoms with Gasteiger partial charge in [-0.1, -0.05) is 0 Å². The molecule has 0 radical (unpaired) electrons. The van der Waals surface area contributed by atoms with Crippen LogP contribution >= 0.6 is 11.3 Å². The molecule has 0 atom stereocenters. The largest absolute Gasteiger partial charge is 0.493 e. The van der Waals surface area contributed by atoms with Crippen molar-refractivity contribution in [1.82, 2.24) is 4.98 Å². The zero-order valence-electron chi connectivity index (χ0n) is 13.4. The van der Waals surface area contributed by atoms with Crippen LogP contribution in [0, 0.1) is 5.82 Å². The Morgan fingerprint density at radius 3 is 3.00 bits per heavy atom. The lowest BCUT2D eigenvalue weighted by molar-refractivity contribution is -0.142. The first-order valence-corrected chi connectivity index (χ1v) is 8.31. The lowest BCUT2D eigenvalue weighted by Gasteiger charge is -2.06. The highest BCUT2D eigenvalue weighted by molar-refractivity contribution is 7.13. The monoisotopic (exact) mass is 351 g/mol. The molecule has 0 amide bonds. The van der Waals surface area contributed by atoms with E-state index >= 15 is 0 Å². The number of hydrogen-bond donors (Lipinski definition) is 1. The first-order chi connectivity index (χ1) is 11.6. The predicted octanol–water partition coefficient (Wildman–Crippen LogP) is 3.23. The van der Waals surface area contributed by atoms with Gasteiger partial charge in [0, 0.05) is 10.9 Å². The lowest BCUT2D eigenvalue weighted by atomic mass is 10.2. The van der Waals surface area contributed by atoms with Crippen LogP contribution in [0.25, 0.3) is 0 Å². The fourth-order valence-corrected chi connectivity index (χ4v) is 2.52. The van der Waals surface area contributed by atoms with Gasteiger partial charge in [-0.2, -0.15) is 5.10 Å². The van der Waals surface area contributed by atoms with Gasteiger partial charge in [0.25, 0.3) is 0 Å². The molecule has 0 unspecified atom stereocenters. The smallest absolute Gasteiger partial charge is 0.311 e. The Hall–Kier alpha value is -2.48. The third-order valence-corrected chi connectivity index (χ3v) is 3.61. The molecule has 1 N–H and O–H groups in total. The SMILES string of the molecule is CCOC(=O)Cc1csc(NN=Cc2cc(F)ccc2OCC)n1. The van der Waals surface area contributed by atoms with Crippen molar-refractivity contribution in [2.45, 2.75) is 20.3 Å². The number of benzene rings is 1. The molecular formula is C16H18FN3O3S. The molecule has 1 heterocycles. The first kappa shape index (κ1) is 17.9. The molecule has 0 saturated heterocycles. The van der Waals surface area contributed by atoms with Gasteiger partial charge in [-0.05, 0) is 32.0 Å². The van der Waals surface area contributed by atoms with Crippen molar-refractivity contribution in [2.75, 3.05) is 18.6 Å². The van der Waals surface area contributed by atoms with Crippen molar-refractivity contribution in [3.8, 4) is 5.75 Å². The molecule has 2 aromatic rings. The Kier molecular flexibility index (Phi) is 6.68. The molecule has 8 heteroatoms. The number of halogens is 1. The summed E-state index contributed by atoms with van der Waals surface area (Å²) < 4.78 is 23.6. The van der Waals surface area contributed by atoms with Gasteiger partial charge in [-0.15, -0.1) is 11.3 Å². The summed E-state index contributed by atoms with van der Waals surface area (Å²) in [5, 5.41) is 6.32. The molecule has 1 aromatic heterocycles. The molecule has 0 aliphatic carbocycles. The standard InChI is InChI=1S/C16H18FN3O3S/c1-3-22-14-6-5-12(17)7-11(14)9-18-20-16-19-13(10-24-16)8-15(21)23-4-2/h5-7,9-10H,3-4,8H2,1-2H3,(H,19,20). The molecule has 0 aliphatic rings. The number of nitrogens with one attached hydrogen (secondary N) is 1. The van der Waals surface area contributed by atoms with Crippen molar-refractivity contribution in [3.63, 3.8) is 0 Å². The normalized spacial score (nSPS) is 10.8. The molecule has 1 aromatic carbocycles. The highest BCUT2D eigenvalue weighted by Gasteiger charge is 2.08. The van der Waals surface area contributed by atoms with E-state index in [1.165, 1.54) is 29.7 Å². The highest BCUT2D eigenvalue weighted by atomic mass is 32.1. The van der Waals surface area contributed by atoms with Crippen molar-refractivity contribution in [2.24, 2.45) is 5.10 Å². The molecule has 0 fully saturated rings. The van der Waals surface area contributed by atoms with E-state index in [4.69, 9.17) is 9.47 Å². The second-order valence-electron chi connectivity index (χ2n) is 4.61. The maximum absolute atomic E-state index is 13.3. The van der Waals surface area contributed by atoms with E-state index in [-0.39, 0.29) is 18.2 Å². The van der Waals surface area contributed by atoms with Crippen LogP contribution in [0.5, 0.6) is 5.75 Å². The van der Waals surface area contributed by atoms with E-state index in [1.54, 1.807) is 18.4 Å². The maximum atomic E-state index is 13.3. The summed E-state index contributed by atoms with van der Waals surface area (Å²) in [6.45, 7) is 4.42. The molecule has 0 spiro atoms. The topological polar surface area (TPSA) is 72.8 Å². The second kappa shape index (κ2) is 8.97. The van der Waals surface area contributed by atoms with Crippen LogP contribution in [0.4, 0.5) is 9.52 Å². The Labute approximate surface area is 143 Å². The fourth-order valence-electron chi connectivity index (χ4n) is 1.86. The average Bonchev–Trinajstić information content (AvgIpc) is 2.97. The number of ether oxygens (including phenoxy) is 2. The van der Waals surface area contributed by atoms with Gasteiger partial charge in [0.15, 0.2) is 0 Å². The third-order valence-electron chi connectivity index (χ3n) is 2.82. The second-order valence-corrected chi connectivity index (χ2v) is 5.47. The van der Waals surface area contributed by atoms with Gasteiger partial charge in [-0.3, -0.25) is 10.2 Å². The van der Waals surface area contributed by atoms with Crippen LogP contribution in [-0.2, 0) is 16.0 Å².